The average Bonchev–Trinajstić information content (AvgIpc) is 3.37. The van der Waals surface area contributed by atoms with Crippen molar-refractivity contribution >= 4 is 5.57 Å². The molecular weight excluding hydrogens is 432 g/mol. The molecule has 0 aliphatic heterocycles. The lowest BCUT2D eigenvalue weighted by atomic mass is 10.0. The van der Waals surface area contributed by atoms with Gasteiger partial charge in [-0.1, -0.05) is 91.0 Å². The van der Waals surface area contributed by atoms with Crippen LogP contribution in [-0.2, 0) is 13.2 Å². The van der Waals surface area contributed by atoms with Crippen molar-refractivity contribution in [3.8, 4) is 28.3 Å². The molecule has 0 N–H and O–H groups in total. The summed E-state index contributed by atoms with van der Waals surface area (Å²) in [6, 6.07) is 34.7. The molecule has 5 heteroatoms. The van der Waals surface area contributed by atoms with E-state index in [0.717, 1.165) is 33.6 Å². The van der Waals surface area contributed by atoms with Crippen LogP contribution in [0.1, 0.15) is 23.6 Å². The Morgan fingerprint density at radius 2 is 1.43 bits per heavy atom. The quantitative estimate of drug-likeness (QED) is 0.261. The highest BCUT2D eigenvalue weighted by Crippen LogP contribution is 2.23. The Kier molecular flexibility index (Phi) is 6.48. The highest BCUT2D eigenvalue weighted by atomic mass is 16.5. The first-order valence-corrected chi connectivity index (χ1v) is 11.5. The molecule has 0 spiro atoms. The summed E-state index contributed by atoms with van der Waals surface area (Å²) in [4.78, 5) is 1.61. The summed E-state index contributed by atoms with van der Waals surface area (Å²) in [5.41, 5.74) is 7.66. The smallest absolute Gasteiger partial charge is 0.204 e. The van der Waals surface area contributed by atoms with Crippen LogP contribution in [0.25, 0.3) is 28.1 Å². The highest BCUT2D eigenvalue weighted by molar-refractivity contribution is 5.65. The van der Waals surface area contributed by atoms with Crippen LogP contribution in [0.15, 0.2) is 110 Å². The van der Waals surface area contributed by atoms with Gasteiger partial charge in [-0.05, 0) is 64.2 Å². The number of tetrazole rings is 1. The van der Waals surface area contributed by atoms with Gasteiger partial charge in [-0.25, -0.2) is 0 Å². The molecule has 1 aromatic heterocycles. The maximum absolute atomic E-state index is 5.98. The molecule has 5 rings (SSSR count). The van der Waals surface area contributed by atoms with Crippen molar-refractivity contribution in [3.05, 3.63) is 126 Å². The van der Waals surface area contributed by atoms with E-state index in [9.17, 15) is 0 Å². The minimum absolute atomic E-state index is 0.505. The standard InChI is InChI=1S/C30H26N4O/c1-22(2)29-11-7-6-10-27(29)20-34-32-30(31-33-34)26-16-18-28(19-17-26)35-21-23-12-14-25(15-13-23)24-8-4-3-5-9-24/h3-19H,1,20-21H2,2H3. The van der Waals surface area contributed by atoms with E-state index in [-0.39, 0.29) is 0 Å². The summed E-state index contributed by atoms with van der Waals surface area (Å²) in [7, 11) is 0. The van der Waals surface area contributed by atoms with Crippen LogP contribution in [0.2, 0.25) is 0 Å². The van der Waals surface area contributed by atoms with Crippen molar-refractivity contribution in [3.63, 3.8) is 0 Å². The third kappa shape index (κ3) is 5.36. The predicted octanol–water partition coefficient (Wildman–Crippen LogP) is 6.67. The van der Waals surface area contributed by atoms with E-state index in [1.807, 2.05) is 49.4 Å². The van der Waals surface area contributed by atoms with Crippen molar-refractivity contribution in [1.29, 1.82) is 0 Å². The normalized spacial score (nSPS) is 10.8. The van der Waals surface area contributed by atoms with Gasteiger partial charge in [-0.15, -0.1) is 10.2 Å². The van der Waals surface area contributed by atoms with Gasteiger partial charge in [0.2, 0.25) is 5.82 Å². The largest absolute Gasteiger partial charge is 0.489 e. The van der Waals surface area contributed by atoms with Crippen molar-refractivity contribution in [2.24, 2.45) is 0 Å². The van der Waals surface area contributed by atoms with Gasteiger partial charge in [0.05, 0.1) is 6.54 Å². The fourth-order valence-electron chi connectivity index (χ4n) is 3.94. The minimum atomic E-state index is 0.505. The van der Waals surface area contributed by atoms with E-state index in [1.165, 1.54) is 11.1 Å². The summed E-state index contributed by atoms with van der Waals surface area (Å²) in [5, 5.41) is 13.0. The molecule has 0 aliphatic rings. The third-order valence-corrected chi connectivity index (χ3v) is 5.82. The molecule has 0 saturated heterocycles. The van der Waals surface area contributed by atoms with Crippen LogP contribution in [0.3, 0.4) is 0 Å². The van der Waals surface area contributed by atoms with Crippen molar-refractivity contribution in [2.75, 3.05) is 0 Å². The molecule has 0 saturated carbocycles. The van der Waals surface area contributed by atoms with Gasteiger partial charge >= 0.3 is 0 Å². The monoisotopic (exact) mass is 458 g/mol. The van der Waals surface area contributed by atoms with E-state index in [0.29, 0.717) is 19.0 Å². The van der Waals surface area contributed by atoms with Crippen LogP contribution in [-0.4, -0.2) is 20.2 Å². The summed E-state index contributed by atoms with van der Waals surface area (Å²) in [6.07, 6.45) is 0. The second-order valence-electron chi connectivity index (χ2n) is 8.46. The molecule has 0 bridgehead atoms. The number of nitrogens with zero attached hydrogens (tertiary/aromatic N) is 4. The second kappa shape index (κ2) is 10.2. The van der Waals surface area contributed by atoms with E-state index in [2.05, 4.69) is 82.7 Å². The van der Waals surface area contributed by atoms with Crippen LogP contribution < -0.4 is 4.74 Å². The third-order valence-electron chi connectivity index (χ3n) is 5.82. The first kappa shape index (κ1) is 22.3. The summed E-state index contributed by atoms with van der Waals surface area (Å²) >= 11 is 0. The molecule has 0 unspecified atom stereocenters. The van der Waals surface area contributed by atoms with Crippen LogP contribution in [0.4, 0.5) is 0 Å². The van der Waals surface area contributed by atoms with Gasteiger partial charge in [-0.3, -0.25) is 0 Å². The molecule has 0 radical (unpaired) electrons. The minimum Gasteiger partial charge on any atom is -0.489 e. The fraction of sp³-hybridized carbons (Fsp3) is 0.100. The Hall–Kier alpha value is -4.51. The van der Waals surface area contributed by atoms with E-state index < -0.39 is 0 Å². The molecule has 0 aliphatic carbocycles. The maximum atomic E-state index is 5.98. The number of rotatable bonds is 8. The predicted molar refractivity (Wildman–Crippen MR) is 140 cm³/mol. The van der Waals surface area contributed by atoms with Gasteiger partial charge in [0.15, 0.2) is 0 Å². The molecule has 5 aromatic rings. The second-order valence-corrected chi connectivity index (χ2v) is 8.46. The van der Waals surface area contributed by atoms with Gasteiger partial charge in [0.25, 0.3) is 0 Å². The zero-order chi connectivity index (χ0) is 24.0. The molecule has 0 fully saturated rings. The SMILES string of the molecule is C=C(C)c1ccccc1Cn1nnc(-c2ccc(OCc3ccc(-c4ccccc4)cc3)cc2)n1. The van der Waals surface area contributed by atoms with Gasteiger partial charge in [0.1, 0.15) is 12.4 Å². The van der Waals surface area contributed by atoms with Crippen molar-refractivity contribution in [1.82, 2.24) is 20.2 Å². The Bertz CT molecular complexity index is 1420. The zero-order valence-corrected chi connectivity index (χ0v) is 19.6. The van der Waals surface area contributed by atoms with E-state index in [4.69, 9.17) is 4.74 Å². The molecule has 0 amide bonds. The number of benzene rings is 4. The Labute approximate surface area is 205 Å². The van der Waals surface area contributed by atoms with Crippen molar-refractivity contribution < 1.29 is 4.74 Å². The van der Waals surface area contributed by atoms with Crippen LogP contribution in [0.5, 0.6) is 5.75 Å². The maximum Gasteiger partial charge on any atom is 0.204 e. The van der Waals surface area contributed by atoms with Crippen LogP contribution in [0, 0.1) is 0 Å². The number of aromatic nitrogens is 4. The number of allylic oxidation sites excluding steroid dienone is 1. The fourth-order valence-corrected chi connectivity index (χ4v) is 3.94. The Balaban J connectivity index is 1.21. The van der Waals surface area contributed by atoms with E-state index in [1.54, 1.807) is 4.80 Å². The van der Waals surface area contributed by atoms with Gasteiger partial charge < -0.3 is 4.74 Å². The number of ether oxygens (including phenoxy) is 1. The van der Waals surface area contributed by atoms with Crippen LogP contribution >= 0.6 is 0 Å². The summed E-state index contributed by atoms with van der Waals surface area (Å²) < 4.78 is 5.98. The van der Waals surface area contributed by atoms with E-state index >= 15 is 0 Å². The summed E-state index contributed by atoms with van der Waals surface area (Å²) in [6.45, 7) is 7.11. The molecule has 4 aromatic carbocycles. The molecule has 35 heavy (non-hydrogen) atoms. The summed E-state index contributed by atoms with van der Waals surface area (Å²) in [5.74, 6) is 1.38. The lowest BCUT2D eigenvalue weighted by Crippen LogP contribution is -2.06. The average molecular weight is 459 g/mol. The Morgan fingerprint density at radius 1 is 0.771 bits per heavy atom. The molecule has 1 heterocycles. The zero-order valence-electron chi connectivity index (χ0n) is 19.6. The molecule has 0 atom stereocenters. The van der Waals surface area contributed by atoms with Gasteiger partial charge in [0, 0.05) is 5.56 Å². The topological polar surface area (TPSA) is 52.8 Å². The molecule has 172 valence electrons. The number of hydrogen-bond acceptors (Lipinski definition) is 4. The Morgan fingerprint density at radius 3 is 2.17 bits per heavy atom. The highest BCUT2D eigenvalue weighted by Gasteiger charge is 2.09. The lowest BCUT2D eigenvalue weighted by Gasteiger charge is -2.08. The number of hydrogen-bond donors (Lipinski definition) is 0. The molecule has 5 nitrogen and oxygen atoms in total. The van der Waals surface area contributed by atoms with Crippen molar-refractivity contribution in [2.45, 2.75) is 20.1 Å². The molecular formula is C30H26N4O. The van der Waals surface area contributed by atoms with Gasteiger partial charge in [-0.2, -0.15) is 4.80 Å². The first-order valence-electron chi connectivity index (χ1n) is 11.5. The first-order chi connectivity index (χ1) is 17.2. The lowest BCUT2D eigenvalue weighted by molar-refractivity contribution is 0.306.